The number of fused-ring (bicyclic) bond motifs is 4. The molecule has 1 N–H and O–H groups in total. The second kappa shape index (κ2) is 20.9. The van der Waals surface area contributed by atoms with Crippen LogP contribution in [0.4, 0.5) is 17.6 Å². The molecule has 0 bridgehead atoms. The third-order valence-electron chi connectivity index (χ3n) is 14.6. The minimum Gasteiger partial charge on any atom is -0.503 e. The second-order valence-electron chi connectivity index (χ2n) is 19.9. The van der Waals surface area contributed by atoms with Gasteiger partial charge in [-0.2, -0.15) is 0 Å². The Balaban J connectivity index is 0.000000199. The van der Waals surface area contributed by atoms with Gasteiger partial charge in [0.15, 0.2) is 34.5 Å². The summed E-state index contributed by atoms with van der Waals surface area (Å²) in [6, 6.07) is 15.2. The molecule has 4 atom stereocenters. The van der Waals surface area contributed by atoms with Crippen LogP contribution < -0.4 is 15.6 Å². The Hall–Kier alpha value is -6.92. The van der Waals surface area contributed by atoms with E-state index in [1.165, 1.54) is 24.5 Å². The van der Waals surface area contributed by atoms with E-state index in [4.69, 9.17) is 14.2 Å². The lowest BCUT2D eigenvalue weighted by Gasteiger charge is -2.40. The van der Waals surface area contributed by atoms with Gasteiger partial charge in [0.25, 0.3) is 11.8 Å². The largest absolute Gasteiger partial charge is 0.503 e. The number of ketones is 2. The Morgan fingerprint density at radius 1 is 0.658 bits per heavy atom. The molecule has 3 aromatic carbocycles. The Labute approximate surface area is 419 Å². The quantitative estimate of drug-likeness (QED) is 0.0724. The van der Waals surface area contributed by atoms with Crippen LogP contribution in [0.25, 0.3) is 0 Å². The normalized spacial score (nSPS) is 20.5. The van der Waals surface area contributed by atoms with E-state index in [2.05, 4.69) is 0 Å². The van der Waals surface area contributed by atoms with Gasteiger partial charge < -0.3 is 38.3 Å². The zero-order chi connectivity index (χ0) is 52.7. The van der Waals surface area contributed by atoms with Crippen LogP contribution in [0.1, 0.15) is 112 Å². The van der Waals surface area contributed by atoms with Gasteiger partial charge in [-0.25, -0.2) is 17.6 Å². The van der Waals surface area contributed by atoms with Crippen molar-refractivity contribution in [2.24, 2.45) is 11.8 Å². The van der Waals surface area contributed by atoms with Crippen LogP contribution in [0.15, 0.2) is 88.7 Å². The minimum atomic E-state index is -0.927. The van der Waals surface area contributed by atoms with E-state index in [9.17, 15) is 51.4 Å². The number of hydrogen-bond donors (Lipinski definition) is 1. The molecule has 4 aliphatic rings. The molecule has 386 valence electrons. The summed E-state index contributed by atoms with van der Waals surface area (Å²) in [6.45, 7) is 9.27. The molecular formula is C55H58F4N4O10. The predicted octanol–water partition coefficient (Wildman–Crippen LogP) is 7.62. The molecule has 4 heterocycles. The molecule has 2 spiro atoms. The number of amides is 2. The van der Waals surface area contributed by atoms with Crippen LogP contribution in [0.2, 0.25) is 0 Å². The molecule has 14 nitrogen and oxygen atoms in total. The third kappa shape index (κ3) is 10.1. The van der Waals surface area contributed by atoms with Gasteiger partial charge in [0, 0.05) is 88.6 Å². The van der Waals surface area contributed by atoms with E-state index in [1.807, 2.05) is 58.0 Å². The number of ether oxygens (including phenoxy) is 3. The monoisotopic (exact) mass is 1010 g/mol. The molecule has 2 aromatic heterocycles. The predicted molar refractivity (Wildman–Crippen MR) is 260 cm³/mol. The number of aryl methyl sites for hydroxylation is 2. The average Bonchev–Trinajstić information content (AvgIpc) is 4.25. The molecular weight excluding hydrogens is 953 g/mol. The summed E-state index contributed by atoms with van der Waals surface area (Å²) in [5.41, 5.74) is -1.98. The fraction of sp³-hybridized carbons (Fsp3) is 0.418. The molecule has 0 radical (unpaired) electrons. The van der Waals surface area contributed by atoms with Crippen molar-refractivity contribution in [3.05, 3.63) is 162 Å². The molecule has 5 aromatic rings. The summed E-state index contributed by atoms with van der Waals surface area (Å²) in [4.78, 5) is 83.2. The average molecular weight is 1010 g/mol. The maximum atomic E-state index is 14.2. The van der Waals surface area contributed by atoms with Gasteiger partial charge in [-0.05, 0) is 82.2 Å². The summed E-state index contributed by atoms with van der Waals surface area (Å²) in [7, 11) is 3.19. The Morgan fingerprint density at radius 3 is 1.56 bits per heavy atom. The fourth-order valence-corrected chi connectivity index (χ4v) is 10.3. The molecule has 18 heteroatoms. The van der Waals surface area contributed by atoms with Gasteiger partial charge in [0.2, 0.25) is 10.9 Å². The van der Waals surface area contributed by atoms with Crippen molar-refractivity contribution < 1.29 is 56.1 Å². The number of rotatable bonds is 17. The van der Waals surface area contributed by atoms with E-state index in [0.717, 1.165) is 29.8 Å². The second-order valence-corrected chi connectivity index (χ2v) is 19.9. The van der Waals surface area contributed by atoms with Gasteiger partial charge in [-0.15, -0.1) is 0 Å². The van der Waals surface area contributed by atoms with Crippen molar-refractivity contribution in [2.75, 3.05) is 40.5 Å². The first-order valence-electron chi connectivity index (χ1n) is 24.3. The fourth-order valence-electron chi connectivity index (χ4n) is 10.3. The summed E-state index contributed by atoms with van der Waals surface area (Å²) < 4.78 is 74.7. The minimum absolute atomic E-state index is 0.0101. The van der Waals surface area contributed by atoms with Crippen molar-refractivity contribution in [2.45, 2.75) is 96.0 Å². The van der Waals surface area contributed by atoms with Crippen molar-refractivity contribution in [3.8, 4) is 11.5 Å². The van der Waals surface area contributed by atoms with Crippen molar-refractivity contribution >= 4 is 23.4 Å². The van der Waals surface area contributed by atoms with Crippen LogP contribution >= 0.6 is 0 Å². The van der Waals surface area contributed by atoms with Crippen LogP contribution in [0.3, 0.4) is 0 Å². The molecule has 2 aliphatic carbocycles. The highest BCUT2D eigenvalue weighted by Crippen LogP contribution is 2.55. The highest BCUT2D eigenvalue weighted by Gasteiger charge is 2.62. The number of pyridine rings is 2. The van der Waals surface area contributed by atoms with Crippen LogP contribution in [0.5, 0.6) is 11.5 Å². The first-order valence-corrected chi connectivity index (χ1v) is 24.3. The summed E-state index contributed by atoms with van der Waals surface area (Å²) >= 11 is 0. The van der Waals surface area contributed by atoms with Gasteiger partial charge in [0.05, 0.1) is 35.4 Å². The molecule has 0 unspecified atom stereocenters. The number of benzene rings is 3. The molecule has 2 fully saturated rings. The zero-order valence-corrected chi connectivity index (χ0v) is 41.5. The summed E-state index contributed by atoms with van der Waals surface area (Å²) in [5.74, 6) is -5.66. The topological polar surface area (TPSA) is 167 Å². The van der Waals surface area contributed by atoms with E-state index in [-0.39, 0.29) is 102 Å². The van der Waals surface area contributed by atoms with Gasteiger partial charge in [-0.1, -0.05) is 42.5 Å². The number of aromatic hydroxyl groups is 1. The molecule has 9 rings (SSSR count). The van der Waals surface area contributed by atoms with Gasteiger partial charge in [-0.3, -0.25) is 28.8 Å². The van der Waals surface area contributed by atoms with Crippen molar-refractivity contribution in [3.63, 3.8) is 0 Å². The number of Topliss-reactive ketones (excluding diaryl/α,β-unsaturated/α-hetero) is 2. The lowest BCUT2D eigenvalue weighted by molar-refractivity contribution is 0.0535. The van der Waals surface area contributed by atoms with E-state index >= 15 is 0 Å². The maximum Gasteiger partial charge on any atom is 0.274 e. The van der Waals surface area contributed by atoms with Crippen LogP contribution in [0, 0.1) is 35.1 Å². The third-order valence-corrected chi connectivity index (χ3v) is 14.6. The van der Waals surface area contributed by atoms with Crippen LogP contribution in [-0.4, -0.2) is 100 Å². The van der Waals surface area contributed by atoms with Crippen molar-refractivity contribution in [1.82, 2.24) is 18.9 Å². The Bertz CT molecular complexity index is 3100. The number of hydrogen-bond acceptors (Lipinski definition) is 10. The summed E-state index contributed by atoms with van der Waals surface area (Å²) in [6.07, 6.45) is 3.77. The number of halogens is 4. The molecule has 2 amide bonds. The summed E-state index contributed by atoms with van der Waals surface area (Å²) in [5, 5.41) is 10.7. The Kier molecular flexibility index (Phi) is 15.0. The number of carbonyl (C=O) groups is 4. The van der Waals surface area contributed by atoms with Crippen LogP contribution in [-0.2, 0) is 40.0 Å². The SMILES string of the molecule is COC[C@@H]1C[C@@]12CN(C(C)C)C(=O)c1c(O)c(=O)c(C(=O)CCc3ccc(F)cc3F)cn12.COC[C@@H]1C[C@@]12CN(C(C)C)C(=O)c1c(OCc3ccccc3)c(=O)c(C(=O)CCc3ccc(F)cc3F)cn12. The Morgan fingerprint density at radius 2 is 1.11 bits per heavy atom. The lowest BCUT2D eigenvalue weighted by Crippen LogP contribution is -2.52. The maximum absolute atomic E-state index is 14.2. The standard InChI is InChI=1S/C31H32F2N2O5.C24H26F2N2O5/c1-19(2)34-18-31(14-22(31)17-39-3)35-15-24(26(36)12-10-21-9-11-23(32)13-25(21)33)28(37)29(27(35)30(34)38)40-16-20-7-5-4-6-8-20;1-13(2)27-12-24(9-15(24)11-33-3)28-10-17(21(30)22(31)20(28)23(27)32)19(29)7-5-14-4-6-16(25)8-18(14)26/h4-9,11,13,15,19,22H,10,12,14,16-18H2,1-3H3;4,6,8,10,13,15,31H,5,7,9,11-12H2,1-3H3/t22-,31+;15-,24+/m00/s1. The zero-order valence-electron chi connectivity index (χ0n) is 41.5. The number of aromatic nitrogens is 2. The van der Waals surface area contributed by atoms with Gasteiger partial charge >= 0.3 is 0 Å². The number of carbonyl (C=O) groups excluding carboxylic acids is 4. The van der Waals surface area contributed by atoms with E-state index in [0.29, 0.717) is 39.1 Å². The smallest absolute Gasteiger partial charge is 0.274 e. The molecule has 2 saturated carbocycles. The highest BCUT2D eigenvalue weighted by atomic mass is 19.1. The highest BCUT2D eigenvalue weighted by molar-refractivity contribution is 6.01. The molecule has 0 saturated heterocycles. The number of methoxy groups -OCH3 is 2. The van der Waals surface area contributed by atoms with E-state index in [1.54, 1.807) is 33.2 Å². The first kappa shape index (κ1) is 52.4. The van der Waals surface area contributed by atoms with Crippen molar-refractivity contribution in [1.29, 1.82) is 0 Å². The van der Waals surface area contributed by atoms with Gasteiger partial charge in [0.1, 0.15) is 29.9 Å². The molecule has 73 heavy (non-hydrogen) atoms. The molecule has 2 aliphatic heterocycles. The lowest BCUT2D eigenvalue weighted by atomic mass is 9.99. The number of nitrogens with zero attached hydrogens (tertiary/aromatic N) is 4. The first-order chi connectivity index (χ1) is 34.8. The van der Waals surface area contributed by atoms with E-state index < -0.39 is 68.4 Å².